The lowest BCUT2D eigenvalue weighted by Crippen LogP contribution is -2.53. The van der Waals surface area contributed by atoms with Gasteiger partial charge in [-0.2, -0.15) is 0 Å². The van der Waals surface area contributed by atoms with E-state index in [4.69, 9.17) is 5.73 Å². The summed E-state index contributed by atoms with van der Waals surface area (Å²) < 4.78 is 0. The number of aliphatic hydroxyl groups excluding tert-OH is 5. The van der Waals surface area contributed by atoms with Gasteiger partial charge in [0, 0.05) is 12.5 Å². The van der Waals surface area contributed by atoms with Gasteiger partial charge in [0.1, 0.15) is 12.2 Å². The summed E-state index contributed by atoms with van der Waals surface area (Å²) in [6.07, 6.45) is -6.48. The van der Waals surface area contributed by atoms with Crippen molar-refractivity contribution >= 4 is 0 Å². The molecule has 0 spiro atoms. The van der Waals surface area contributed by atoms with Crippen LogP contribution in [0.2, 0.25) is 0 Å². The van der Waals surface area contributed by atoms with Crippen LogP contribution in [0.3, 0.4) is 0 Å². The second-order valence-electron chi connectivity index (χ2n) is 3.82. The monoisotopic (exact) mass is 207 g/mol. The van der Waals surface area contributed by atoms with Crippen LogP contribution in [-0.4, -0.2) is 62.1 Å². The molecule has 0 saturated heterocycles. The van der Waals surface area contributed by atoms with Crippen molar-refractivity contribution in [3.63, 3.8) is 0 Å². The summed E-state index contributed by atoms with van der Waals surface area (Å²) in [6, 6.07) is -0.707. The topological polar surface area (TPSA) is 127 Å². The Morgan fingerprint density at radius 2 is 1.14 bits per heavy atom. The van der Waals surface area contributed by atoms with Crippen LogP contribution in [0.4, 0.5) is 0 Å². The number of rotatable bonds is 0. The number of nitrogens with two attached hydrogens (primary N) is 1. The molecule has 0 heterocycles. The molecule has 6 atom stereocenters. The molecule has 0 amide bonds. The Morgan fingerprint density at radius 1 is 0.714 bits per heavy atom. The highest BCUT2D eigenvalue weighted by molar-refractivity contribution is 4.90. The molecule has 6 heteroatoms. The van der Waals surface area contributed by atoms with Gasteiger partial charge >= 0.3 is 0 Å². The average molecular weight is 207 g/mol. The molecule has 0 aliphatic heterocycles. The van der Waals surface area contributed by atoms with E-state index in [2.05, 4.69) is 0 Å². The molecular weight excluding hydrogens is 190 g/mol. The van der Waals surface area contributed by atoms with Crippen LogP contribution < -0.4 is 5.73 Å². The van der Waals surface area contributed by atoms with Crippen molar-refractivity contribution in [3.05, 3.63) is 0 Å². The highest BCUT2D eigenvalue weighted by Crippen LogP contribution is 2.18. The SMILES string of the molecule is N[C@H]1C[C@H](O)[C@@H](O)[C@H](O)[C@@H](O)C[C@@H]1O. The van der Waals surface area contributed by atoms with E-state index in [0.29, 0.717) is 0 Å². The lowest BCUT2D eigenvalue weighted by atomic mass is 9.88. The van der Waals surface area contributed by atoms with Crippen LogP contribution in [0.5, 0.6) is 0 Å². The van der Waals surface area contributed by atoms with Gasteiger partial charge in [0.2, 0.25) is 0 Å². The molecule has 0 aromatic rings. The predicted molar refractivity (Wildman–Crippen MR) is 47.2 cm³/mol. The molecule has 0 aromatic heterocycles. The van der Waals surface area contributed by atoms with E-state index in [1.54, 1.807) is 0 Å². The zero-order valence-corrected chi connectivity index (χ0v) is 7.69. The van der Waals surface area contributed by atoms with Gasteiger partial charge in [-0.15, -0.1) is 0 Å². The van der Waals surface area contributed by atoms with Gasteiger partial charge in [0.25, 0.3) is 0 Å². The summed E-state index contributed by atoms with van der Waals surface area (Å²) in [5, 5.41) is 46.7. The van der Waals surface area contributed by atoms with Crippen molar-refractivity contribution in [1.29, 1.82) is 0 Å². The fourth-order valence-electron chi connectivity index (χ4n) is 1.59. The van der Waals surface area contributed by atoms with E-state index in [1.807, 2.05) is 0 Å². The minimum absolute atomic E-state index is 0.00782. The molecule has 1 aliphatic rings. The van der Waals surface area contributed by atoms with E-state index >= 15 is 0 Å². The van der Waals surface area contributed by atoms with Crippen molar-refractivity contribution in [3.8, 4) is 0 Å². The highest BCUT2D eigenvalue weighted by Gasteiger charge is 2.36. The Kier molecular flexibility index (Phi) is 3.82. The summed E-state index contributed by atoms with van der Waals surface area (Å²) in [5.74, 6) is 0. The largest absolute Gasteiger partial charge is 0.391 e. The quantitative estimate of drug-likeness (QED) is 0.250. The molecule has 1 saturated carbocycles. The lowest BCUT2D eigenvalue weighted by Gasteiger charge is -2.33. The molecule has 14 heavy (non-hydrogen) atoms. The first-order chi connectivity index (χ1) is 6.43. The Balaban J connectivity index is 2.72. The average Bonchev–Trinajstić information content (AvgIpc) is 2.13. The van der Waals surface area contributed by atoms with Crippen molar-refractivity contribution in [2.45, 2.75) is 49.4 Å². The smallest absolute Gasteiger partial charge is 0.108 e. The lowest BCUT2D eigenvalue weighted by molar-refractivity contribution is -0.129. The summed E-state index contributed by atoms with van der Waals surface area (Å²) in [6.45, 7) is 0. The van der Waals surface area contributed by atoms with Crippen LogP contribution in [-0.2, 0) is 0 Å². The third-order valence-corrected chi connectivity index (χ3v) is 2.63. The zero-order chi connectivity index (χ0) is 10.9. The first kappa shape index (κ1) is 11.8. The molecule has 0 radical (unpaired) electrons. The third kappa shape index (κ3) is 2.41. The van der Waals surface area contributed by atoms with E-state index in [9.17, 15) is 25.5 Å². The molecule has 6 nitrogen and oxygen atoms in total. The Bertz CT molecular complexity index is 171. The van der Waals surface area contributed by atoms with Gasteiger partial charge in [-0.25, -0.2) is 0 Å². The number of hydrogen-bond acceptors (Lipinski definition) is 6. The summed E-state index contributed by atoms with van der Waals surface area (Å²) in [4.78, 5) is 0. The van der Waals surface area contributed by atoms with Crippen molar-refractivity contribution in [2.24, 2.45) is 5.73 Å². The maximum Gasteiger partial charge on any atom is 0.108 e. The molecule has 1 rings (SSSR count). The molecule has 7 N–H and O–H groups in total. The van der Waals surface area contributed by atoms with Gasteiger partial charge < -0.3 is 31.3 Å². The maximum atomic E-state index is 9.39. The van der Waals surface area contributed by atoms with Crippen LogP contribution in [0, 0.1) is 0 Å². The van der Waals surface area contributed by atoms with Crippen LogP contribution >= 0.6 is 0 Å². The molecule has 84 valence electrons. The van der Waals surface area contributed by atoms with Gasteiger partial charge in [0.15, 0.2) is 0 Å². The van der Waals surface area contributed by atoms with Crippen LogP contribution in [0.15, 0.2) is 0 Å². The zero-order valence-electron chi connectivity index (χ0n) is 7.69. The molecule has 1 fully saturated rings. The molecule has 1 aliphatic carbocycles. The van der Waals surface area contributed by atoms with Crippen LogP contribution in [0.25, 0.3) is 0 Å². The minimum atomic E-state index is -1.45. The highest BCUT2D eigenvalue weighted by atomic mass is 16.4. The molecular formula is C8H17NO5. The summed E-state index contributed by atoms with van der Waals surface area (Å²) in [5.41, 5.74) is 5.49. The fourth-order valence-corrected chi connectivity index (χ4v) is 1.59. The second kappa shape index (κ2) is 4.52. The summed E-state index contributed by atoms with van der Waals surface area (Å²) in [7, 11) is 0. The Morgan fingerprint density at radius 3 is 1.64 bits per heavy atom. The Hall–Kier alpha value is -0.240. The van der Waals surface area contributed by atoms with E-state index in [0.717, 1.165) is 0 Å². The first-order valence-corrected chi connectivity index (χ1v) is 4.59. The number of hydrogen-bond donors (Lipinski definition) is 6. The van der Waals surface area contributed by atoms with Gasteiger partial charge in [-0.05, 0) is 6.42 Å². The van der Waals surface area contributed by atoms with E-state index < -0.39 is 36.6 Å². The predicted octanol–water partition coefficient (Wildman–Crippen LogP) is -3.09. The fraction of sp³-hybridized carbons (Fsp3) is 1.00. The van der Waals surface area contributed by atoms with Crippen molar-refractivity contribution in [1.82, 2.24) is 0 Å². The molecule has 0 aromatic carbocycles. The normalized spacial score (nSPS) is 51.0. The molecule has 0 bridgehead atoms. The maximum absolute atomic E-state index is 9.39. The minimum Gasteiger partial charge on any atom is -0.391 e. The van der Waals surface area contributed by atoms with E-state index in [-0.39, 0.29) is 12.8 Å². The first-order valence-electron chi connectivity index (χ1n) is 4.59. The van der Waals surface area contributed by atoms with E-state index in [1.165, 1.54) is 0 Å². The second-order valence-corrected chi connectivity index (χ2v) is 3.82. The van der Waals surface area contributed by atoms with Crippen LogP contribution in [0.1, 0.15) is 12.8 Å². The standard InChI is InChI=1S/C8H17NO5/c9-3-1-5(11)7(13)8(14)6(12)2-4(3)10/h3-8,10-14H,1-2,9H2/t3-,4-,5-,6-,7+,8+/m0/s1. The third-order valence-electron chi connectivity index (χ3n) is 2.63. The van der Waals surface area contributed by atoms with Gasteiger partial charge in [-0.1, -0.05) is 0 Å². The molecule has 0 unspecified atom stereocenters. The van der Waals surface area contributed by atoms with Gasteiger partial charge in [0.05, 0.1) is 18.3 Å². The number of aliphatic hydroxyl groups is 5. The van der Waals surface area contributed by atoms with Crippen molar-refractivity contribution in [2.75, 3.05) is 0 Å². The van der Waals surface area contributed by atoms with Gasteiger partial charge in [-0.3, -0.25) is 0 Å². The van der Waals surface area contributed by atoms with Crippen molar-refractivity contribution < 1.29 is 25.5 Å². The summed E-state index contributed by atoms with van der Waals surface area (Å²) >= 11 is 0. The Labute approximate surface area is 81.6 Å².